The zero-order valence-electron chi connectivity index (χ0n) is 9.91. The van der Waals surface area contributed by atoms with Crippen LogP contribution in [-0.4, -0.2) is 47.8 Å². The predicted octanol–water partition coefficient (Wildman–Crippen LogP) is 0.213. The van der Waals surface area contributed by atoms with Crippen molar-refractivity contribution in [1.29, 1.82) is 0 Å². The summed E-state index contributed by atoms with van der Waals surface area (Å²) in [6.45, 7) is 6.31. The quantitative estimate of drug-likeness (QED) is 0.589. The molecule has 0 fully saturated rings. The van der Waals surface area contributed by atoms with Gasteiger partial charge in [0.05, 0.1) is 13.2 Å². The number of amides is 1. The van der Waals surface area contributed by atoms with Gasteiger partial charge in [-0.25, -0.2) is 0 Å². The summed E-state index contributed by atoms with van der Waals surface area (Å²) >= 11 is 1.56. The molecule has 0 aliphatic heterocycles. The molecule has 0 spiro atoms. The van der Waals surface area contributed by atoms with Crippen molar-refractivity contribution in [3.05, 3.63) is 0 Å². The SMILES string of the molecule is CSC(CO)C(C)NC(=O)CNC(C)C. The first-order valence-electron chi connectivity index (χ1n) is 5.17. The first-order valence-corrected chi connectivity index (χ1v) is 6.46. The van der Waals surface area contributed by atoms with Crippen LogP contribution in [-0.2, 0) is 4.79 Å². The monoisotopic (exact) mass is 234 g/mol. The summed E-state index contributed by atoms with van der Waals surface area (Å²) in [5, 5.41) is 15.0. The predicted molar refractivity (Wildman–Crippen MR) is 65.1 cm³/mol. The van der Waals surface area contributed by atoms with E-state index < -0.39 is 0 Å². The van der Waals surface area contributed by atoms with Crippen LogP contribution in [0.3, 0.4) is 0 Å². The Kier molecular flexibility index (Phi) is 7.82. The highest BCUT2D eigenvalue weighted by molar-refractivity contribution is 7.99. The van der Waals surface area contributed by atoms with Gasteiger partial charge in [0.15, 0.2) is 0 Å². The van der Waals surface area contributed by atoms with Crippen molar-refractivity contribution >= 4 is 17.7 Å². The zero-order chi connectivity index (χ0) is 11.8. The van der Waals surface area contributed by atoms with Crippen LogP contribution in [0.15, 0.2) is 0 Å². The van der Waals surface area contributed by atoms with Crippen LogP contribution in [0.1, 0.15) is 20.8 Å². The normalized spacial score (nSPS) is 15.1. The van der Waals surface area contributed by atoms with E-state index in [9.17, 15) is 4.79 Å². The molecular formula is C10H22N2O2S. The Labute approximate surface area is 96.2 Å². The van der Waals surface area contributed by atoms with Gasteiger partial charge >= 0.3 is 0 Å². The van der Waals surface area contributed by atoms with E-state index in [0.717, 1.165) is 0 Å². The maximum atomic E-state index is 11.4. The van der Waals surface area contributed by atoms with Crippen molar-refractivity contribution in [1.82, 2.24) is 10.6 Å². The van der Waals surface area contributed by atoms with Gasteiger partial charge in [-0.1, -0.05) is 13.8 Å². The largest absolute Gasteiger partial charge is 0.395 e. The Morgan fingerprint density at radius 3 is 2.40 bits per heavy atom. The lowest BCUT2D eigenvalue weighted by molar-refractivity contribution is -0.120. The Bertz CT molecular complexity index is 184. The molecule has 0 saturated carbocycles. The summed E-state index contributed by atoms with van der Waals surface area (Å²) in [5.41, 5.74) is 0. The molecule has 0 aliphatic rings. The van der Waals surface area contributed by atoms with Gasteiger partial charge in [-0.05, 0) is 13.2 Å². The fourth-order valence-electron chi connectivity index (χ4n) is 1.13. The minimum absolute atomic E-state index is 0.00791. The second-order valence-corrected chi connectivity index (χ2v) is 4.93. The highest BCUT2D eigenvalue weighted by Gasteiger charge is 2.16. The summed E-state index contributed by atoms with van der Waals surface area (Å²) in [6, 6.07) is 0.298. The van der Waals surface area contributed by atoms with Crippen molar-refractivity contribution in [2.24, 2.45) is 0 Å². The van der Waals surface area contributed by atoms with Gasteiger partial charge in [-0.15, -0.1) is 0 Å². The van der Waals surface area contributed by atoms with E-state index in [1.165, 1.54) is 0 Å². The summed E-state index contributed by atoms with van der Waals surface area (Å²) in [7, 11) is 0. The van der Waals surface area contributed by atoms with Crippen LogP contribution in [0.25, 0.3) is 0 Å². The van der Waals surface area contributed by atoms with Crippen molar-refractivity contribution in [3.63, 3.8) is 0 Å². The fraction of sp³-hybridized carbons (Fsp3) is 0.900. The average molecular weight is 234 g/mol. The van der Waals surface area contributed by atoms with E-state index in [1.54, 1.807) is 11.8 Å². The number of nitrogens with one attached hydrogen (secondary N) is 2. The molecule has 2 unspecified atom stereocenters. The van der Waals surface area contributed by atoms with E-state index >= 15 is 0 Å². The first kappa shape index (κ1) is 14.7. The van der Waals surface area contributed by atoms with Gasteiger partial charge in [0, 0.05) is 17.3 Å². The molecule has 90 valence electrons. The number of aliphatic hydroxyl groups excluding tert-OH is 1. The van der Waals surface area contributed by atoms with Gasteiger partial charge in [0.25, 0.3) is 0 Å². The number of thioether (sulfide) groups is 1. The molecule has 0 radical (unpaired) electrons. The molecule has 0 bridgehead atoms. The molecule has 0 aromatic heterocycles. The average Bonchev–Trinajstić information content (AvgIpc) is 2.16. The third kappa shape index (κ3) is 6.76. The second kappa shape index (κ2) is 7.96. The van der Waals surface area contributed by atoms with Gasteiger partial charge < -0.3 is 15.7 Å². The number of rotatable bonds is 7. The minimum atomic E-state index is -0.0244. The Morgan fingerprint density at radius 2 is 2.00 bits per heavy atom. The van der Waals surface area contributed by atoms with E-state index in [0.29, 0.717) is 12.6 Å². The number of aliphatic hydroxyl groups is 1. The molecule has 2 atom stereocenters. The molecule has 4 nitrogen and oxygen atoms in total. The van der Waals surface area contributed by atoms with E-state index in [2.05, 4.69) is 10.6 Å². The van der Waals surface area contributed by atoms with Crippen molar-refractivity contribution < 1.29 is 9.90 Å². The number of hydrogen-bond acceptors (Lipinski definition) is 4. The lowest BCUT2D eigenvalue weighted by atomic mass is 10.2. The van der Waals surface area contributed by atoms with Crippen LogP contribution in [0.5, 0.6) is 0 Å². The second-order valence-electron chi connectivity index (χ2n) is 3.85. The standard InChI is InChI=1S/C10H22N2O2S/c1-7(2)11-5-10(14)12-8(3)9(6-13)15-4/h7-9,11,13H,5-6H2,1-4H3,(H,12,14). The summed E-state index contributed by atoms with van der Waals surface area (Å²) in [4.78, 5) is 11.4. The molecule has 0 aromatic carbocycles. The molecule has 0 heterocycles. The van der Waals surface area contributed by atoms with Crippen LogP contribution < -0.4 is 10.6 Å². The molecule has 0 rings (SSSR count). The fourth-order valence-corrected chi connectivity index (χ4v) is 1.76. The van der Waals surface area contributed by atoms with Crippen LogP contribution in [0.4, 0.5) is 0 Å². The van der Waals surface area contributed by atoms with Crippen molar-refractivity contribution in [2.45, 2.75) is 38.1 Å². The van der Waals surface area contributed by atoms with Gasteiger partial charge in [-0.3, -0.25) is 4.79 Å². The van der Waals surface area contributed by atoms with E-state index in [1.807, 2.05) is 27.0 Å². The van der Waals surface area contributed by atoms with E-state index in [-0.39, 0.29) is 23.8 Å². The smallest absolute Gasteiger partial charge is 0.234 e. The molecule has 3 N–H and O–H groups in total. The number of carbonyl (C=O) groups is 1. The lowest BCUT2D eigenvalue weighted by Crippen LogP contribution is -2.45. The highest BCUT2D eigenvalue weighted by Crippen LogP contribution is 2.09. The Hall–Kier alpha value is -0.260. The van der Waals surface area contributed by atoms with Crippen LogP contribution in [0.2, 0.25) is 0 Å². The molecule has 0 aliphatic carbocycles. The van der Waals surface area contributed by atoms with Crippen LogP contribution in [0, 0.1) is 0 Å². The Balaban J connectivity index is 3.84. The molecule has 15 heavy (non-hydrogen) atoms. The van der Waals surface area contributed by atoms with Crippen molar-refractivity contribution in [3.8, 4) is 0 Å². The molecule has 5 heteroatoms. The summed E-state index contributed by atoms with van der Waals surface area (Å²) in [6.07, 6.45) is 1.93. The lowest BCUT2D eigenvalue weighted by Gasteiger charge is -2.21. The third-order valence-corrected chi connectivity index (χ3v) is 3.26. The topological polar surface area (TPSA) is 61.4 Å². The van der Waals surface area contributed by atoms with Gasteiger partial charge in [0.1, 0.15) is 0 Å². The zero-order valence-corrected chi connectivity index (χ0v) is 10.7. The first-order chi connectivity index (χ1) is 7.01. The summed E-state index contributed by atoms with van der Waals surface area (Å²) < 4.78 is 0. The molecule has 0 saturated heterocycles. The third-order valence-electron chi connectivity index (χ3n) is 2.10. The number of hydrogen-bond donors (Lipinski definition) is 3. The highest BCUT2D eigenvalue weighted by atomic mass is 32.2. The van der Waals surface area contributed by atoms with Gasteiger partial charge in [0.2, 0.25) is 5.91 Å². The molecule has 0 aromatic rings. The van der Waals surface area contributed by atoms with Crippen molar-refractivity contribution in [2.75, 3.05) is 19.4 Å². The van der Waals surface area contributed by atoms with E-state index in [4.69, 9.17) is 5.11 Å². The number of carbonyl (C=O) groups excluding carboxylic acids is 1. The van der Waals surface area contributed by atoms with Crippen LogP contribution >= 0.6 is 11.8 Å². The summed E-state index contributed by atoms with van der Waals surface area (Å²) in [5.74, 6) is -0.0244. The molecule has 1 amide bonds. The maximum absolute atomic E-state index is 11.4. The minimum Gasteiger partial charge on any atom is -0.395 e. The Morgan fingerprint density at radius 1 is 1.40 bits per heavy atom. The van der Waals surface area contributed by atoms with Gasteiger partial charge in [-0.2, -0.15) is 11.8 Å². The molecular weight excluding hydrogens is 212 g/mol. The maximum Gasteiger partial charge on any atom is 0.234 e.